The highest BCUT2D eigenvalue weighted by Crippen LogP contribution is 2.30. The Bertz CT molecular complexity index is 695. The molecule has 34 heavy (non-hydrogen) atoms. The van der Waals surface area contributed by atoms with E-state index in [1.165, 1.54) is 12.8 Å². The van der Waals surface area contributed by atoms with Crippen LogP contribution in [0.5, 0.6) is 0 Å². The van der Waals surface area contributed by atoms with Gasteiger partial charge < -0.3 is 20.7 Å². The number of hydrazine groups is 1. The van der Waals surface area contributed by atoms with Gasteiger partial charge in [0.15, 0.2) is 0 Å². The average Bonchev–Trinajstić information content (AvgIpc) is 3.26. The van der Waals surface area contributed by atoms with Gasteiger partial charge in [-0.3, -0.25) is 9.69 Å². The molecule has 0 radical (unpaired) electrons. The third kappa shape index (κ3) is 6.28. The van der Waals surface area contributed by atoms with E-state index < -0.39 is 6.04 Å². The van der Waals surface area contributed by atoms with Gasteiger partial charge in [-0.05, 0) is 71.0 Å². The van der Waals surface area contributed by atoms with E-state index in [1.54, 1.807) is 7.11 Å². The van der Waals surface area contributed by atoms with Gasteiger partial charge in [0.05, 0.1) is 24.5 Å². The number of nitrogens with zero attached hydrogens (tertiary/aromatic N) is 2. The molecule has 9 nitrogen and oxygen atoms in total. The second-order valence-electron chi connectivity index (χ2n) is 10.8. The van der Waals surface area contributed by atoms with Crippen LogP contribution in [0.15, 0.2) is 0 Å². The summed E-state index contributed by atoms with van der Waals surface area (Å²) in [6, 6.07) is 2.24. The zero-order chi connectivity index (χ0) is 23.9. The van der Waals surface area contributed by atoms with E-state index in [1.807, 2.05) is 0 Å². The first-order valence-corrected chi connectivity index (χ1v) is 13.5. The number of amides is 1. The first-order valence-electron chi connectivity index (χ1n) is 13.5. The monoisotopic (exact) mass is 475 g/mol. The lowest BCUT2D eigenvalue weighted by Gasteiger charge is -2.35. The van der Waals surface area contributed by atoms with Crippen molar-refractivity contribution in [2.75, 3.05) is 33.8 Å². The maximum Gasteiger partial charge on any atom is 0.224 e. The van der Waals surface area contributed by atoms with Gasteiger partial charge in [-0.25, -0.2) is 10.9 Å². The topological polar surface area (TPSA) is 113 Å². The maximum absolute atomic E-state index is 13.1. The quantitative estimate of drug-likeness (QED) is 0.354. The summed E-state index contributed by atoms with van der Waals surface area (Å²) in [7, 11) is 3.92. The fraction of sp³-hybridized carbons (Fsp3) is 0.920. The summed E-state index contributed by atoms with van der Waals surface area (Å²) in [4.78, 5) is 15.5. The van der Waals surface area contributed by atoms with Crippen LogP contribution >= 0.6 is 0 Å². The fourth-order valence-corrected chi connectivity index (χ4v) is 6.58. The molecule has 6 unspecified atom stereocenters. The molecule has 2 saturated carbocycles. The Morgan fingerprint density at radius 2 is 1.91 bits per heavy atom. The fourth-order valence-electron chi connectivity index (χ4n) is 6.58. The Hall–Kier alpha value is -1.28. The molecule has 0 spiro atoms. The van der Waals surface area contributed by atoms with Crippen molar-refractivity contribution in [2.24, 2.45) is 17.8 Å². The van der Waals surface area contributed by atoms with Crippen molar-refractivity contribution in [3.8, 4) is 6.07 Å². The SMILES string of the molecule is COC1CCCCC1[C@H](C#N)NC(=O)C1CCCC(NCC2NNC(C3CCNCC3)N2C)C1. The second kappa shape index (κ2) is 12.6. The molecule has 0 aromatic heterocycles. The van der Waals surface area contributed by atoms with Crippen LogP contribution in [0.25, 0.3) is 0 Å². The van der Waals surface area contributed by atoms with E-state index >= 15 is 0 Å². The van der Waals surface area contributed by atoms with Crippen molar-refractivity contribution in [1.29, 1.82) is 5.26 Å². The summed E-state index contributed by atoms with van der Waals surface area (Å²) in [6.07, 6.45) is 11.1. The number of rotatable bonds is 8. The van der Waals surface area contributed by atoms with E-state index in [4.69, 9.17) is 4.74 Å². The molecule has 2 aliphatic carbocycles. The van der Waals surface area contributed by atoms with Crippen LogP contribution in [-0.4, -0.2) is 75.1 Å². The van der Waals surface area contributed by atoms with Crippen molar-refractivity contribution in [2.45, 2.75) is 94.7 Å². The minimum absolute atomic E-state index is 0.0263. The van der Waals surface area contributed by atoms with E-state index in [2.05, 4.69) is 44.8 Å². The number of ether oxygens (including phenoxy) is 1. The molecular weight excluding hydrogens is 430 g/mol. The number of hydrogen-bond donors (Lipinski definition) is 5. The summed E-state index contributed by atoms with van der Waals surface area (Å²) in [6.45, 7) is 3.05. The molecule has 4 aliphatic rings. The molecule has 9 heteroatoms. The molecule has 2 aliphatic heterocycles. The molecule has 5 N–H and O–H groups in total. The van der Waals surface area contributed by atoms with Crippen molar-refractivity contribution < 1.29 is 9.53 Å². The summed E-state index contributed by atoms with van der Waals surface area (Å²) >= 11 is 0. The number of nitrogens with one attached hydrogen (secondary N) is 5. The summed E-state index contributed by atoms with van der Waals surface area (Å²) in [5, 5.41) is 20.1. The van der Waals surface area contributed by atoms with Crippen molar-refractivity contribution >= 4 is 5.91 Å². The largest absolute Gasteiger partial charge is 0.381 e. The molecule has 4 rings (SSSR count). The molecule has 2 heterocycles. The first-order chi connectivity index (χ1) is 16.6. The third-order valence-corrected chi connectivity index (χ3v) is 8.72. The maximum atomic E-state index is 13.1. The number of likely N-dealkylation sites (N-methyl/N-ethyl adjacent to an activating group) is 1. The van der Waals surface area contributed by atoms with Gasteiger partial charge in [0.25, 0.3) is 0 Å². The lowest BCUT2D eigenvalue weighted by molar-refractivity contribution is -0.127. The molecule has 4 fully saturated rings. The molecular formula is C25H45N7O2. The highest BCUT2D eigenvalue weighted by atomic mass is 16.5. The third-order valence-electron chi connectivity index (χ3n) is 8.72. The van der Waals surface area contributed by atoms with Gasteiger partial charge in [0, 0.05) is 31.5 Å². The Balaban J connectivity index is 1.23. The van der Waals surface area contributed by atoms with Crippen LogP contribution in [-0.2, 0) is 9.53 Å². The number of hydrogen-bond acceptors (Lipinski definition) is 8. The van der Waals surface area contributed by atoms with Crippen LogP contribution < -0.4 is 26.8 Å². The van der Waals surface area contributed by atoms with Gasteiger partial charge in [-0.1, -0.05) is 19.3 Å². The first kappa shape index (κ1) is 25.8. The number of piperidine rings is 1. The minimum atomic E-state index is -0.458. The summed E-state index contributed by atoms with van der Waals surface area (Å²) < 4.78 is 5.64. The Morgan fingerprint density at radius 1 is 1.12 bits per heavy atom. The minimum Gasteiger partial charge on any atom is -0.381 e. The normalized spacial score (nSPS) is 36.6. The summed E-state index contributed by atoms with van der Waals surface area (Å²) in [5.41, 5.74) is 6.98. The van der Waals surface area contributed by atoms with Crippen molar-refractivity contribution in [3.63, 3.8) is 0 Å². The average molecular weight is 476 g/mol. The highest BCUT2D eigenvalue weighted by Gasteiger charge is 2.37. The van der Waals surface area contributed by atoms with Gasteiger partial charge >= 0.3 is 0 Å². The predicted molar refractivity (Wildman–Crippen MR) is 131 cm³/mol. The zero-order valence-corrected chi connectivity index (χ0v) is 21.0. The lowest BCUT2D eigenvalue weighted by Crippen LogP contribution is -2.51. The van der Waals surface area contributed by atoms with Crippen LogP contribution in [0.4, 0.5) is 0 Å². The van der Waals surface area contributed by atoms with Crippen LogP contribution in [0.3, 0.4) is 0 Å². The second-order valence-corrected chi connectivity index (χ2v) is 10.8. The van der Waals surface area contributed by atoms with Crippen LogP contribution in [0.1, 0.15) is 64.2 Å². The Labute approximate surface area is 205 Å². The standard InChI is InChI=1S/C25H45N7O2/c1-32-23(30-31-24(32)17-10-12-27-13-11-17)16-28-19-7-5-6-18(14-19)25(33)29-21(15-26)20-8-3-4-9-22(20)34-2/h17-24,27-28,30-31H,3-14,16H2,1-2H3,(H,29,33)/t18?,19?,20?,21-,22?,23?,24?/m0/s1. The molecule has 1 amide bonds. The zero-order valence-electron chi connectivity index (χ0n) is 21.0. The molecule has 0 aromatic carbocycles. The molecule has 2 saturated heterocycles. The van der Waals surface area contributed by atoms with Gasteiger partial charge in [0.1, 0.15) is 6.04 Å². The summed E-state index contributed by atoms with van der Waals surface area (Å²) in [5.74, 6) is 0.778. The number of carbonyl (C=O) groups excluding carboxylic acids is 1. The lowest BCUT2D eigenvalue weighted by atomic mass is 9.80. The van der Waals surface area contributed by atoms with Crippen molar-refractivity contribution in [1.82, 2.24) is 31.7 Å². The van der Waals surface area contributed by atoms with Crippen LogP contribution in [0.2, 0.25) is 0 Å². The number of methoxy groups -OCH3 is 1. The molecule has 7 atom stereocenters. The van der Waals surface area contributed by atoms with E-state index in [-0.39, 0.29) is 30.0 Å². The molecule has 192 valence electrons. The molecule has 0 bridgehead atoms. The predicted octanol–water partition coefficient (Wildman–Crippen LogP) is 1.04. The van der Waals surface area contributed by atoms with E-state index in [0.29, 0.717) is 18.1 Å². The van der Waals surface area contributed by atoms with E-state index in [9.17, 15) is 10.1 Å². The smallest absolute Gasteiger partial charge is 0.224 e. The number of nitriles is 1. The van der Waals surface area contributed by atoms with Gasteiger partial charge in [0.2, 0.25) is 5.91 Å². The van der Waals surface area contributed by atoms with Gasteiger partial charge in [-0.15, -0.1) is 0 Å². The highest BCUT2D eigenvalue weighted by molar-refractivity contribution is 5.79. The van der Waals surface area contributed by atoms with Gasteiger partial charge in [-0.2, -0.15) is 5.26 Å². The Morgan fingerprint density at radius 3 is 2.68 bits per heavy atom. The number of carbonyl (C=O) groups is 1. The molecule has 0 aromatic rings. The van der Waals surface area contributed by atoms with E-state index in [0.717, 1.165) is 71.0 Å². The van der Waals surface area contributed by atoms with Crippen LogP contribution in [0, 0.1) is 29.1 Å². The Kier molecular flexibility index (Phi) is 9.57. The van der Waals surface area contributed by atoms with Crippen molar-refractivity contribution in [3.05, 3.63) is 0 Å².